The Morgan fingerprint density at radius 1 is 0.925 bits per heavy atom. The third-order valence-electron chi connectivity index (χ3n) is 5.79. The summed E-state index contributed by atoms with van der Waals surface area (Å²) in [5.74, 6) is -0.401. The van der Waals surface area contributed by atoms with Gasteiger partial charge >= 0.3 is 12.4 Å². The maximum Gasteiger partial charge on any atom is 0.432 e. The number of halogens is 7. The normalized spacial score (nSPS) is 12.1. The van der Waals surface area contributed by atoms with Gasteiger partial charge < -0.3 is 24.3 Å². The summed E-state index contributed by atoms with van der Waals surface area (Å²) < 4.78 is 105. The number of aryl methyl sites for hydroxylation is 1. The molecule has 0 aliphatic carbocycles. The molecule has 0 aliphatic rings. The molecule has 0 bridgehead atoms. The molecule has 0 aliphatic heterocycles. The number of imidazole rings is 2. The van der Waals surface area contributed by atoms with E-state index in [0.29, 0.717) is 35.4 Å². The number of methoxy groups -OCH3 is 1. The molecule has 0 unspecified atom stereocenters. The second-order valence-corrected chi connectivity index (χ2v) is 8.43. The number of H-pyrrole nitrogens is 1. The molecule has 15 heteroatoms. The number of fused-ring (bicyclic) bond motifs is 1. The monoisotopic (exact) mass is 566 g/mol. The van der Waals surface area contributed by atoms with Crippen molar-refractivity contribution in [3.63, 3.8) is 0 Å². The van der Waals surface area contributed by atoms with E-state index in [-0.39, 0.29) is 34.7 Å². The van der Waals surface area contributed by atoms with E-state index in [4.69, 9.17) is 9.47 Å². The van der Waals surface area contributed by atoms with Crippen LogP contribution in [0, 0.1) is 5.82 Å². The predicted octanol–water partition coefficient (Wildman–Crippen LogP) is 7.08. The Morgan fingerprint density at radius 3 is 2.38 bits per heavy atom. The van der Waals surface area contributed by atoms with Crippen LogP contribution in [0.1, 0.15) is 11.3 Å². The summed E-state index contributed by atoms with van der Waals surface area (Å²) in [4.78, 5) is 14.3. The van der Waals surface area contributed by atoms with Crippen molar-refractivity contribution in [1.29, 1.82) is 0 Å². The summed E-state index contributed by atoms with van der Waals surface area (Å²) in [6.07, 6.45) is -7.30. The SMILES string of the molecule is COc1cc2c(cc1Oc1ccnc(-c3ncc(C(F)(F)F)[nH]3)c1)nc(Nc1cc(C(F)(F)F)ccc1F)n2C. The van der Waals surface area contributed by atoms with E-state index in [9.17, 15) is 30.7 Å². The number of ether oxygens (including phenoxy) is 2. The van der Waals surface area contributed by atoms with Crippen LogP contribution in [-0.2, 0) is 19.4 Å². The van der Waals surface area contributed by atoms with Crippen molar-refractivity contribution >= 4 is 22.7 Å². The zero-order chi connectivity index (χ0) is 28.8. The lowest BCUT2D eigenvalue weighted by Gasteiger charge is -2.12. The highest BCUT2D eigenvalue weighted by Crippen LogP contribution is 2.38. The molecule has 2 N–H and O–H groups in total. The number of aromatic nitrogens is 5. The molecular weight excluding hydrogens is 549 g/mol. The minimum Gasteiger partial charge on any atom is -0.493 e. The first-order valence-corrected chi connectivity index (χ1v) is 11.3. The van der Waals surface area contributed by atoms with E-state index in [2.05, 4.69) is 25.3 Å². The quantitative estimate of drug-likeness (QED) is 0.214. The Morgan fingerprint density at radius 2 is 1.70 bits per heavy atom. The van der Waals surface area contributed by atoms with E-state index in [1.165, 1.54) is 36.1 Å². The Labute approximate surface area is 220 Å². The average molecular weight is 566 g/mol. The molecule has 0 atom stereocenters. The third-order valence-corrected chi connectivity index (χ3v) is 5.79. The maximum atomic E-state index is 14.3. The van der Waals surface area contributed by atoms with Gasteiger partial charge in [-0.2, -0.15) is 26.3 Å². The molecule has 8 nitrogen and oxygen atoms in total. The van der Waals surface area contributed by atoms with Crippen LogP contribution in [-0.4, -0.2) is 31.6 Å². The summed E-state index contributed by atoms with van der Waals surface area (Å²) in [5, 5.41) is 2.58. The molecule has 0 radical (unpaired) electrons. The molecule has 2 aromatic carbocycles. The second-order valence-electron chi connectivity index (χ2n) is 8.43. The Hall–Kier alpha value is -4.82. The highest BCUT2D eigenvalue weighted by Gasteiger charge is 2.33. The van der Waals surface area contributed by atoms with E-state index >= 15 is 0 Å². The van der Waals surface area contributed by atoms with E-state index in [1.54, 1.807) is 13.1 Å². The van der Waals surface area contributed by atoms with Crippen molar-refractivity contribution in [2.75, 3.05) is 12.4 Å². The third kappa shape index (κ3) is 5.21. The van der Waals surface area contributed by atoms with E-state index in [0.717, 1.165) is 0 Å². The smallest absolute Gasteiger partial charge is 0.432 e. The van der Waals surface area contributed by atoms with Gasteiger partial charge in [0.05, 0.1) is 35.6 Å². The van der Waals surface area contributed by atoms with Crippen LogP contribution in [0.2, 0.25) is 0 Å². The van der Waals surface area contributed by atoms with Crippen LogP contribution >= 0.6 is 0 Å². The van der Waals surface area contributed by atoms with Crippen molar-refractivity contribution in [3.8, 4) is 28.8 Å². The topological polar surface area (TPSA) is 89.9 Å². The number of benzene rings is 2. The molecule has 0 saturated heterocycles. The minimum absolute atomic E-state index is 0.0388. The summed E-state index contributed by atoms with van der Waals surface area (Å²) in [6, 6.07) is 7.84. The lowest BCUT2D eigenvalue weighted by Crippen LogP contribution is -2.07. The molecule has 3 aromatic heterocycles. The highest BCUT2D eigenvalue weighted by atomic mass is 19.4. The van der Waals surface area contributed by atoms with Crippen LogP contribution in [0.4, 0.5) is 42.4 Å². The fourth-order valence-corrected chi connectivity index (χ4v) is 3.80. The van der Waals surface area contributed by atoms with Crippen molar-refractivity contribution in [2.45, 2.75) is 12.4 Å². The van der Waals surface area contributed by atoms with Crippen LogP contribution in [0.15, 0.2) is 54.9 Å². The average Bonchev–Trinajstić information content (AvgIpc) is 3.50. The zero-order valence-electron chi connectivity index (χ0n) is 20.4. The van der Waals surface area contributed by atoms with Gasteiger partial charge in [-0.15, -0.1) is 0 Å². The van der Waals surface area contributed by atoms with Crippen LogP contribution < -0.4 is 14.8 Å². The number of hydrogen-bond donors (Lipinski definition) is 2. The summed E-state index contributed by atoms with van der Waals surface area (Å²) in [7, 11) is 2.94. The van der Waals surface area contributed by atoms with Crippen molar-refractivity contribution < 1.29 is 40.2 Å². The fourth-order valence-electron chi connectivity index (χ4n) is 3.80. The number of nitrogens with one attached hydrogen (secondary N) is 2. The molecule has 0 saturated carbocycles. The molecule has 0 fully saturated rings. The molecule has 0 amide bonds. The van der Waals surface area contributed by atoms with Gasteiger partial charge in [-0.05, 0) is 24.3 Å². The van der Waals surface area contributed by atoms with Gasteiger partial charge in [0, 0.05) is 31.4 Å². The number of rotatable bonds is 6. The minimum atomic E-state index is -4.67. The van der Waals surface area contributed by atoms with Gasteiger partial charge in [0.15, 0.2) is 17.3 Å². The van der Waals surface area contributed by atoms with Crippen molar-refractivity contribution in [3.05, 3.63) is 71.9 Å². The number of anilines is 2. The van der Waals surface area contributed by atoms with Crippen LogP contribution in [0.5, 0.6) is 17.2 Å². The number of hydrogen-bond acceptors (Lipinski definition) is 6. The molecule has 0 spiro atoms. The van der Waals surface area contributed by atoms with Crippen LogP contribution in [0.25, 0.3) is 22.6 Å². The van der Waals surface area contributed by atoms with Gasteiger partial charge in [-0.1, -0.05) is 0 Å². The second kappa shape index (κ2) is 9.73. The maximum absolute atomic E-state index is 14.3. The lowest BCUT2D eigenvalue weighted by molar-refractivity contribution is -0.141. The largest absolute Gasteiger partial charge is 0.493 e. The first-order valence-electron chi connectivity index (χ1n) is 11.3. The number of nitrogens with zero attached hydrogens (tertiary/aromatic N) is 4. The standard InChI is InChI=1S/C25H17F7N6O2/c1-38-18-10-19(39-2)20(40-13-5-6-33-17(8-13)22-34-11-21(37-22)25(30,31)32)9-16(18)36-23(38)35-15-7-12(24(27,28)29)3-4-14(15)26/h3-11H,1-2H3,(H,34,37)(H,35,36). The molecule has 40 heavy (non-hydrogen) atoms. The zero-order valence-corrected chi connectivity index (χ0v) is 20.4. The van der Waals surface area contributed by atoms with Gasteiger partial charge in [0.25, 0.3) is 0 Å². The lowest BCUT2D eigenvalue weighted by atomic mass is 10.2. The first-order chi connectivity index (χ1) is 18.8. The summed E-state index contributed by atoms with van der Waals surface area (Å²) >= 11 is 0. The summed E-state index contributed by atoms with van der Waals surface area (Å²) in [6.45, 7) is 0. The van der Waals surface area contributed by atoms with Gasteiger partial charge in [-0.3, -0.25) is 4.98 Å². The highest BCUT2D eigenvalue weighted by molar-refractivity contribution is 5.83. The van der Waals surface area contributed by atoms with Gasteiger partial charge in [-0.25, -0.2) is 14.4 Å². The molecular formula is C25H17F7N6O2. The number of pyridine rings is 1. The van der Waals surface area contributed by atoms with Gasteiger partial charge in [0.1, 0.15) is 23.0 Å². The Balaban J connectivity index is 1.46. The summed E-state index contributed by atoms with van der Waals surface area (Å²) in [5.41, 5.74) is -1.61. The molecule has 5 rings (SSSR count). The fraction of sp³-hybridized carbons (Fsp3) is 0.160. The van der Waals surface area contributed by atoms with Gasteiger partial charge in [0.2, 0.25) is 5.95 Å². The number of alkyl halides is 6. The Kier molecular flexibility index (Phi) is 6.51. The molecule has 5 aromatic rings. The molecule has 208 valence electrons. The Bertz CT molecular complexity index is 1710. The van der Waals surface area contributed by atoms with E-state index < -0.39 is 35.1 Å². The number of aromatic amines is 1. The predicted molar refractivity (Wildman–Crippen MR) is 129 cm³/mol. The van der Waals surface area contributed by atoms with Crippen molar-refractivity contribution in [2.24, 2.45) is 7.05 Å². The van der Waals surface area contributed by atoms with Crippen molar-refractivity contribution in [1.82, 2.24) is 24.5 Å². The van der Waals surface area contributed by atoms with Crippen LogP contribution in [0.3, 0.4) is 0 Å². The molecule has 3 heterocycles. The van der Waals surface area contributed by atoms with E-state index in [1.807, 2.05) is 0 Å². The first kappa shape index (κ1) is 26.8.